The van der Waals surface area contributed by atoms with Crippen molar-refractivity contribution < 1.29 is 32.3 Å². The Kier molecular flexibility index (Phi) is 10.1. The first-order chi connectivity index (χ1) is 24.9. The van der Waals surface area contributed by atoms with Gasteiger partial charge in [0.2, 0.25) is 15.9 Å². The van der Waals surface area contributed by atoms with Crippen LogP contribution in [-0.2, 0) is 19.6 Å². The zero-order chi connectivity index (χ0) is 36.8. The first-order valence-corrected chi connectivity index (χ1v) is 20.6. The lowest BCUT2D eigenvalue weighted by Gasteiger charge is -2.26. The highest BCUT2D eigenvalue weighted by molar-refractivity contribution is 7.91. The Hall–Kier alpha value is -3.95. The normalized spacial score (nSPS) is 26.0. The third-order valence-corrected chi connectivity index (χ3v) is 13.2. The fourth-order valence-corrected chi connectivity index (χ4v) is 9.45. The van der Waals surface area contributed by atoms with Crippen LogP contribution in [0, 0.1) is 5.92 Å². The number of ether oxygens (including phenoxy) is 2. The van der Waals surface area contributed by atoms with Gasteiger partial charge in [-0.2, -0.15) is 0 Å². The standard InChI is InChI=1S/C36H43ClN6O7S2/c1-20(2)26-19-51-33(40-26)25-16-29(24-12-13-28(49-3)30(37)31(24)39-25)50-22-15-27-32(44)41-36(34(45)42-52(47,48)23-10-11-23)17-21(36)9-7-5-4-6-8-14-38-35(46)43(27)18-22/h7,9,12-13,16,19-23,27H,4-6,8,10-11,14-15,17-18H2,1-3H3,(H,38,46)(H,41,44)(H,42,45)/b9-7-/t21-,22-,27?,36-/m1/s1. The summed E-state index contributed by atoms with van der Waals surface area (Å²) in [5.41, 5.74) is 0.508. The van der Waals surface area contributed by atoms with Crippen molar-refractivity contribution in [2.45, 2.75) is 94.1 Å². The van der Waals surface area contributed by atoms with E-state index in [1.165, 1.54) is 23.3 Å². The predicted molar refractivity (Wildman–Crippen MR) is 198 cm³/mol. The number of thiazole rings is 1. The Balaban J connectivity index is 1.20. The smallest absolute Gasteiger partial charge is 0.318 e. The van der Waals surface area contributed by atoms with E-state index >= 15 is 0 Å². The maximum atomic E-state index is 14.2. The van der Waals surface area contributed by atoms with Gasteiger partial charge >= 0.3 is 6.03 Å². The molecule has 3 fully saturated rings. The molecule has 3 aromatic rings. The number of benzene rings is 1. The van der Waals surface area contributed by atoms with Crippen molar-refractivity contribution in [2.75, 3.05) is 20.2 Å². The zero-order valence-electron chi connectivity index (χ0n) is 29.3. The third-order valence-electron chi connectivity index (χ3n) is 10.2. The van der Waals surface area contributed by atoms with Crippen LogP contribution >= 0.6 is 22.9 Å². The average Bonchev–Trinajstić information content (AvgIpc) is 3.98. The molecule has 4 aliphatic rings. The second-order valence-electron chi connectivity index (χ2n) is 14.3. The van der Waals surface area contributed by atoms with Crippen molar-refractivity contribution in [1.29, 1.82) is 0 Å². The maximum absolute atomic E-state index is 14.2. The second-order valence-corrected chi connectivity index (χ2v) is 17.5. The molecule has 16 heteroatoms. The van der Waals surface area contributed by atoms with Gasteiger partial charge in [0.1, 0.15) is 44.9 Å². The number of nitrogens with one attached hydrogen (secondary N) is 3. The van der Waals surface area contributed by atoms with Gasteiger partial charge < -0.3 is 25.0 Å². The third kappa shape index (κ3) is 7.31. The van der Waals surface area contributed by atoms with Crippen molar-refractivity contribution in [3.8, 4) is 22.2 Å². The van der Waals surface area contributed by atoms with Gasteiger partial charge in [-0.3, -0.25) is 14.3 Å². The number of rotatable bonds is 8. The van der Waals surface area contributed by atoms with Crippen molar-refractivity contribution in [3.63, 3.8) is 0 Å². The number of carbonyl (C=O) groups excluding carboxylic acids is 3. The van der Waals surface area contributed by atoms with Crippen molar-refractivity contribution >= 4 is 61.7 Å². The SMILES string of the molecule is COc1ccc2c(O[C@@H]3CC4C(=O)N[C@]5(C(=O)NS(=O)(=O)C6CC6)C[C@H]5/C=C\CCCCCNC(=O)N4C3)cc(-c3nc(C(C)C)cs3)nc2c1Cl. The van der Waals surface area contributed by atoms with E-state index in [-0.39, 0.29) is 31.2 Å². The molecule has 0 spiro atoms. The molecule has 2 aliphatic carbocycles. The highest BCUT2D eigenvalue weighted by Gasteiger charge is 2.62. The lowest BCUT2D eigenvalue weighted by atomic mass is 10.1. The first-order valence-electron chi connectivity index (χ1n) is 17.8. The molecule has 3 N–H and O–H groups in total. The van der Waals surface area contributed by atoms with Gasteiger partial charge in [-0.1, -0.05) is 44.0 Å². The fourth-order valence-electron chi connectivity index (χ4n) is 6.87. The minimum atomic E-state index is -3.85. The Morgan fingerprint density at radius 3 is 2.69 bits per heavy atom. The molecule has 2 aliphatic heterocycles. The zero-order valence-corrected chi connectivity index (χ0v) is 31.7. The van der Waals surface area contributed by atoms with Gasteiger partial charge in [0, 0.05) is 35.7 Å². The Morgan fingerprint density at radius 2 is 1.96 bits per heavy atom. The van der Waals surface area contributed by atoms with Gasteiger partial charge in [0.25, 0.3) is 5.91 Å². The fraction of sp³-hybridized carbons (Fsp3) is 0.528. The number of halogens is 1. The molecule has 1 saturated heterocycles. The summed E-state index contributed by atoms with van der Waals surface area (Å²) in [6.45, 7) is 4.66. The van der Waals surface area contributed by atoms with Crippen molar-refractivity contribution in [3.05, 3.63) is 46.4 Å². The Bertz CT molecular complexity index is 2030. The molecule has 1 aromatic carbocycles. The summed E-state index contributed by atoms with van der Waals surface area (Å²) >= 11 is 8.24. The Morgan fingerprint density at radius 1 is 1.15 bits per heavy atom. The molecule has 4 heterocycles. The minimum absolute atomic E-state index is 0.0836. The van der Waals surface area contributed by atoms with Gasteiger partial charge in [-0.25, -0.2) is 23.2 Å². The molecule has 0 radical (unpaired) electrons. The molecule has 7 rings (SSSR count). The molecule has 13 nitrogen and oxygen atoms in total. The topological polar surface area (TPSA) is 169 Å². The van der Waals surface area contributed by atoms with E-state index in [0.717, 1.165) is 31.4 Å². The van der Waals surface area contributed by atoms with Gasteiger partial charge in [0.05, 0.1) is 30.1 Å². The van der Waals surface area contributed by atoms with Crippen LogP contribution in [0.5, 0.6) is 11.5 Å². The lowest BCUT2D eigenvalue weighted by Crippen LogP contribution is -2.57. The summed E-state index contributed by atoms with van der Waals surface area (Å²) in [6.07, 6.45) is 7.93. The van der Waals surface area contributed by atoms with E-state index in [1.54, 1.807) is 18.2 Å². The number of carbonyl (C=O) groups is 3. The number of aromatic nitrogens is 2. The van der Waals surface area contributed by atoms with Crippen LogP contribution in [0.15, 0.2) is 35.7 Å². The monoisotopic (exact) mass is 770 g/mol. The highest BCUT2D eigenvalue weighted by Crippen LogP contribution is 2.46. The Labute approximate surface area is 311 Å². The van der Waals surface area contributed by atoms with Gasteiger partial charge in [-0.15, -0.1) is 11.3 Å². The number of amides is 4. The van der Waals surface area contributed by atoms with Crippen LogP contribution in [-0.4, -0.2) is 84.3 Å². The molecule has 2 saturated carbocycles. The van der Waals surface area contributed by atoms with E-state index < -0.39 is 50.8 Å². The number of sulfonamides is 1. The number of nitrogens with zero attached hydrogens (tertiary/aromatic N) is 3. The highest BCUT2D eigenvalue weighted by atomic mass is 35.5. The molecule has 4 amide bonds. The summed E-state index contributed by atoms with van der Waals surface area (Å²) in [7, 11) is -2.32. The molecule has 1 unspecified atom stereocenters. The number of hydrogen-bond acceptors (Lipinski definition) is 10. The maximum Gasteiger partial charge on any atom is 0.318 e. The van der Waals surface area contributed by atoms with Crippen molar-refractivity contribution in [1.82, 2.24) is 30.2 Å². The molecule has 4 atom stereocenters. The number of fused-ring (bicyclic) bond motifs is 3. The van der Waals surface area contributed by atoms with E-state index in [4.69, 9.17) is 31.0 Å². The average molecular weight is 771 g/mol. The molecular weight excluding hydrogens is 728 g/mol. The number of hydrogen-bond donors (Lipinski definition) is 3. The van der Waals surface area contributed by atoms with E-state index in [2.05, 4.69) is 29.2 Å². The summed E-state index contributed by atoms with van der Waals surface area (Å²) in [5.74, 6) is -0.559. The summed E-state index contributed by atoms with van der Waals surface area (Å²) in [6, 6.07) is 3.92. The molecule has 0 bridgehead atoms. The summed E-state index contributed by atoms with van der Waals surface area (Å²) in [5, 5.41) is 8.86. The van der Waals surface area contributed by atoms with Crippen molar-refractivity contribution in [2.24, 2.45) is 5.92 Å². The molecular formula is C36H43ClN6O7S2. The summed E-state index contributed by atoms with van der Waals surface area (Å²) < 4.78 is 39.9. The summed E-state index contributed by atoms with van der Waals surface area (Å²) in [4.78, 5) is 52.5. The first kappa shape index (κ1) is 36.4. The number of allylic oxidation sites excluding steroid dienone is 1. The quantitative estimate of drug-likeness (QED) is 0.258. The molecule has 2 aromatic heterocycles. The van der Waals surface area contributed by atoms with Crippen LogP contribution in [0.2, 0.25) is 5.02 Å². The minimum Gasteiger partial charge on any atom is -0.495 e. The van der Waals surface area contributed by atoms with Crippen LogP contribution < -0.4 is 24.8 Å². The van der Waals surface area contributed by atoms with E-state index in [0.29, 0.717) is 57.5 Å². The van der Waals surface area contributed by atoms with Gasteiger partial charge in [-0.05, 0) is 56.6 Å². The van der Waals surface area contributed by atoms with E-state index in [9.17, 15) is 22.8 Å². The van der Waals surface area contributed by atoms with Crippen LogP contribution in [0.25, 0.3) is 21.6 Å². The van der Waals surface area contributed by atoms with Crippen LogP contribution in [0.4, 0.5) is 4.79 Å². The number of methoxy groups -OCH3 is 1. The lowest BCUT2D eigenvalue weighted by molar-refractivity contribution is -0.131. The second kappa shape index (κ2) is 14.5. The van der Waals surface area contributed by atoms with Gasteiger partial charge in [0.15, 0.2) is 0 Å². The largest absolute Gasteiger partial charge is 0.495 e. The van der Waals surface area contributed by atoms with Crippen LogP contribution in [0.1, 0.15) is 76.8 Å². The predicted octanol–water partition coefficient (Wildman–Crippen LogP) is 5.29. The molecule has 278 valence electrons. The molecule has 52 heavy (non-hydrogen) atoms. The van der Waals surface area contributed by atoms with E-state index in [1.807, 2.05) is 17.5 Å². The number of urea groups is 1. The number of pyridine rings is 1. The van der Waals surface area contributed by atoms with Crippen LogP contribution in [0.3, 0.4) is 0 Å².